The van der Waals surface area contributed by atoms with Crippen molar-refractivity contribution in [3.05, 3.63) is 54.2 Å². The topological polar surface area (TPSA) is 122 Å². The minimum absolute atomic E-state index is 0.0613. The molecule has 1 spiro atoms. The number of aliphatic carboxylic acids is 2. The molecule has 4 rings (SSSR count). The molecule has 2 aliphatic rings. The first-order valence-electron chi connectivity index (χ1n) is 11.2. The summed E-state index contributed by atoms with van der Waals surface area (Å²) in [7, 11) is 0. The molecule has 2 aromatic rings. The lowest BCUT2D eigenvalue weighted by Crippen LogP contribution is -2.64. The van der Waals surface area contributed by atoms with Gasteiger partial charge in [0.1, 0.15) is 0 Å². The molecule has 9 nitrogen and oxygen atoms in total. The van der Waals surface area contributed by atoms with Crippen LogP contribution < -0.4 is 4.74 Å². The molecule has 0 saturated carbocycles. The van der Waals surface area contributed by atoms with Gasteiger partial charge in [-0.3, -0.25) is 9.88 Å². The number of pyridine rings is 2. The van der Waals surface area contributed by atoms with Gasteiger partial charge in [-0.2, -0.15) is 26.3 Å². The molecule has 4 heterocycles. The van der Waals surface area contributed by atoms with Crippen molar-refractivity contribution in [1.82, 2.24) is 14.9 Å². The van der Waals surface area contributed by atoms with E-state index in [2.05, 4.69) is 20.9 Å². The average Bonchev–Trinajstić information content (AvgIpc) is 3.24. The molecule has 0 bridgehead atoms. The summed E-state index contributed by atoms with van der Waals surface area (Å²) in [4.78, 5) is 28.3. The van der Waals surface area contributed by atoms with Crippen molar-refractivity contribution in [3.8, 4) is 5.88 Å². The maximum atomic E-state index is 13.6. The quantitative estimate of drug-likeness (QED) is 0.497. The van der Waals surface area contributed by atoms with E-state index in [9.17, 15) is 30.7 Å². The second-order valence-electron chi connectivity index (χ2n) is 8.44. The predicted octanol–water partition coefficient (Wildman–Crippen LogP) is 3.94. The predicted molar refractivity (Wildman–Crippen MR) is 118 cm³/mol. The van der Waals surface area contributed by atoms with Crippen molar-refractivity contribution < 1.29 is 60.0 Å². The highest BCUT2D eigenvalue weighted by Crippen LogP contribution is 2.42. The van der Waals surface area contributed by atoms with E-state index in [1.54, 1.807) is 18.5 Å². The van der Waals surface area contributed by atoms with Gasteiger partial charge in [0.05, 0.1) is 12.2 Å². The lowest BCUT2D eigenvalue weighted by molar-refractivity contribution is -0.193. The van der Waals surface area contributed by atoms with Crippen molar-refractivity contribution in [2.45, 2.75) is 37.3 Å². The van der Waals surface area contributed by atoms with Crippen LogP contribution in [0.4, 0.5) is 30.7 Å². The van der Waals surface area contributed by atoms with Crippen LogP contribution in [0.3, 0.4) is 0 Å². The number of rotatable bonds is 6. The molecule has 0 aromatic carbocycles. The van der Waals surface area contributed by atoms with Crippen molar-refractivity contribution in [3.63, 3.8) is 0 Å². The van der Waals surface area contributed by atoms with Crippen LogP contribution in [0.15, 0.2) is 42.9 Å². The number of alkyl halides is 6. The summed E-state index contributed by atoms with van der Waals surface area (Å²) in [6.07, 6.45) is -3.03. The van der Waals surface area contributed by atoms with Gasteiger partial charge in [-0.1, -0.05) is 6.07 Å². The lowest BCUT2D eigenvalue weighted by Gasteiger charge is -2.50. The number of likely N-dealkylation sites (tertiary alicyclic amines) is 1. The van der Waals surface area contributed by atoms with Crippen LogP contribution in [0.25, 0.3) is 0 Å². The Morgan fingerprint density at radius 1 is 1.05 bits per heavy atom. The minimum atomic E-state index is -5.08. The van der Waals surface area contributed by atoms with E-state index in [1.165, 1.54) is 11.6 Å². The Morgan fingerprint density at radius 2 is 1.64 bits per heavy atom. The zero-order chi connectivity index (χ0) is 29.3. The van der Waals surface area contributed by atoms with Gasteiger partial charge in [0.25, 0.3) is 0 Å². The number of carboxylic acid groups (broad SMARTS) is 2. The summed E-state index contributed by atoms with van der Waals surface area (Å²) in [5, 5.41) is 14.2. The van der Waals surface area contributed by atoms with Crippen LogP contribution in [0.5, 0.6) is 5.88 Å². The third kappa shape index (κ3) is 9.94. The molecule has 2 saturated heterocycles. The Hall–Kier alpha value is -3.53. The number of carboxylic acids is 2. The minimum Gasteiger partial charge on any atom is -0.476 e. The Morgan fingerprint density at radius 3 is 2.15 bits per heavy atom. The Labute approximate surface area is 217 Å². The number of carbonyl (C=O) groups is 2. The second kappa shape index (κ2) is 13.5. The fourth-order valence-corrected chi connectivity index (χ4v) is 3.89. The maximum Gasteiger partial charge on any atom is 0.490 e. The molecule has 0 aliphatic carbocycles. The summed E-state index contributed by atoms with van der Waals surface area (Å²) in [5.74, 6) is -5.39. The first-order chi connectivity index (χ1) is 18.1. The number of halogens is 7. The van der Waals surface area contributed by atoms with E-state index < -0.39 is 30.1 Å². The molecule has 1 atom stereocenters. The first kappa shape index (κ1) is 31.7. The smallest absolute Gasteiger partial charge is 0.476 e. The van der Waals surface area contributed by atoms with Crippen LogP contribution in [-0.4, -0.2) is 81.3 Å². The third-order valence-electron chi connectivity index (χ3n) is 5.63. The zero-order valence-electron chi connectivity index (χ0n) is 20.1. The van der Waals surface area contributed by atoms with E-state index >= 15 is 0 Å². The van der Waals surface area contributed by atoms with Crippen molar-refractivity contribution >= 4 is 11.9 Å². The molecular formula is C23H24F7N3O6. The van der Waals surface area contributed by atoms with Crippen molar-refractivity contribution in [2.24, 2.45) is 5.92 Å². The maximum absolute atomic E-state index is 13.6. The third-order valence-corrected chi connectivity index (χ3v) is 5.63. The molecular weight excluding hydrogens is 547 g/mol. The van der Waals surface area contributed by atoms with Crippen LogP contribution in [-0.2, 0) is 20.9 Å². The van der Waals surface area contributed by atoms with Crippen LogP contribution in [0.2, 0.25) is 0 Å². The monoisotopic (exact) mass is 571 g/mol. The van der Waals surface area contributed by atoms with Gasteiger partial charge in [0.2, 0.25) is 5.88 Å². The average molecular weight is 571 g/mol. The Bertz CT molecular complexity index is 1060. The number of aromatic nitrogens is 2. The Kier molecular flexibility index (Phi) is 11.0. The number of hydrogen-bond acceptors (Lipinski definition) is 7. The van der Waals surface area contributed by atoms with E-state index in [0.717, 1.165) is 39.1 Å². The summed E-state index contributed by atoms with van der Waals surface area (Å²) < 4.78 is 88.6. The molecule has 16 heteroatoms. The van der Waals surface area contributed by atoms with Gasteiger partial charge in [-0.05, 0) is 42.5 Å². The van der Waals surface area contributed by atoms with Crippen LogP contribution in [0.1, 0.15) is 18.4 Å². The van der Waals surface area contributed by atoms with Crippen molar-refractivity contribution in [2.75, 3.05) is 26.3 Å². The summed E-state index contributed by atoms with van der Waals surface area (Å²) in [6, 6.07) is 6.99. The molecule has 2 fully saturated rings. The molecule has 1 unspecified atom stereocenters. The molecule has 0 radical (unpaired) electrons. The summed E-state index contributed by atoms with van der Waals surface area (Å²) >= 11 is 0. The summed E-state index contributed by atoms with van der Waals surface area (Å²) in [6.45, 7) is 4.03. The van der Waals surface area contributed by atoms with Gasteiger partial charge in [-0.25, -0.2) is 19.0 Å². The summed E-state index contributed by atoms with van der Waals surface area (Å²) in [5.41, 5.74) is 1.16. The van der Waals surface area contributed by atoms with E-state index in [4.69, 9.17) is 29.3 Å². The molecule has 0 amide bonds. The number of ether oxygens (including phenoxy) is 2. The van der Waals surface area contributed by atoms with Crippen LogP contribution >= 0.6 is 0 Å². The van der Waals surface area contributed by atoms with Gasteiger partial charge < -0.3 is 19.7 Å². The van der Waals surface area contributed by atoms with Gasteiger partial charge >= 0.3 is 24.3 Å². The largest absolute Gasteiger partial charge is 0.490 e. The molecule has 2 aliphatic heterocycles. The Balaban J connectivity index is 0.000000317. The first-order valence-corrected chi connectivity index (χ1v) is 11.2. The van der Waals surface area contributed by atoms with Crippen LogP contribution in [0, 0.1) is 11.7 Å². The van der Waals surface area contributed by atoms with E-state index in [-0.39, 0.29) is 11.5 Å². The van der Waals surface area contributed by atoms with E-state index in [0.29, 0.717) is 12.5 Å². The standard InChI is InChI=1S/C19H22FN3O2.2C2HF3O2/c20-17-4-2-8-22-18(17)24-9-5-16-6-10-25-19(16)13-23(14-19)12-15-3-1-7-21-11-15;2*3-2(4,5)1(6)7/h1-4,7-8,11,16H,5-6,9-10,12-14H2;2*(H,6,7). The van der Waals surface area contributed by atoms with Gasteiger partial charge in [0.15, 0.2) is 5.82 Å². The highest BCUT2D eigenvalue weighted by molar-refractivity contribution is 5.73. The molecule has 216 valence electrons. The molecule has 39 heavy (non-hydrogen) atoms. The van der Waals surface area contributed by atoms with Crippen molar-refractivity contribution in [1.29, 1.82) is 0 Å². The zero-order valence-corrected chi connectivity index (χ0v) is 20.1. The van der Waals surface area contributed by atoms with Gasteiger partial charge in [0, 0.05) is 44.8 Å². The second-order valence-corrected chi connectivity index (χ2v) is 8.44. The number of nitrogens with zero attached hydrogens (tertiary/aromatic N) is 3. The normalized spacial score (nSPS) is 18.2. The molecule has 2 aromatic heterocycles. The molecule has 2 N–H and O–H groups in total. The number of hydrogen-bond donors (Lipinski definition) is 2. The fourth-order valence-electron chi connectivity index (χ4n) is 3.89. The van der Waals surface area contributed by atoms with E-state index in [1.807, 2.05) is 12.3 Å². The highest BCUT2D eigenvalue weighted by Gasteiger charge is 2.52. The fraction of sp³-hybridized carbons (Fsp3) is 0.478. The highest BCUT2D eigenvalue weighted by atomic mass is 19.4. The van der Waals surface area contributed by atoms with Gasteiger partial charge in [-0.15, -0.1) is 0 Å². The SMILES string of the molecule is Fc1cccnc1OCCC1CCOC12CN(Cc1cccnc1)C2.O=C(O)C(F)(F)F.O=C(O)C(F)(F)F. The lowest BCUT2D eigenvalue weighted by atomic mass is 9.79.